The van der Waals surface area contributed by atoms with Gasteiger partial charge in [0.25, 0.3) is 0 Å². The van der Waals surface area contributed by atoms with E-state index in [1.165, 1.54) is 5.56 Å². The molecular formula is C15H15N3S2. The maximum atomic E-state index is 4.50. The Morgan fingerprint density at radius 1 is 1.20 bits per heavy atom. The topological polar surface area (TPSA) is 30.7 Å². The van der Waals surface area contributed by atoms with Gasteiger partial charge in [0.2, 0.25) is 0 Å². The number of aromatic nitrogens is 3. The van der Waals surface area contributed by atoms with Gasteiger partial charge in [-0.3, -0.25) is 0 Å². The van der Waals surface area contributed by atoms with Gasteiger partial charge in [-0.2, -0.15) is 5.10 Å². The number of hydrogen-bond donors (Lipinski definition) is 0. The second-order valence-electron chi connectivity index (χ2n) is 4.59. The molecule has 0 bridgehead atoms. The molecular weight excluding hydrogens is 286 g/mol. The molecule has 3 nitrogen and oxygen atoms in total. The maximum absolute atomic E-state index is 4.50. The van der Waals surface area contributed by atoms with Crippen LogP contribution in [-0.4, -0.2) is 14.8 Å². The smallest absolute Gasteiger partial charge is 0.150 e. The van der Waals surface area contributed by atoms with E-state index in [0.717, 1.165) is 27.2 Å². The number of nitrogens with zero attached hydrogens (tertiary/aromatic N) is 3. The maximum Gasteiger partial charge on any atom is 0.150 e. The highest BCUT2D eigenvalue weighted by Crippen LogP contribution is 2.25. The van der Waals surface area contributed by atoms with Crippen molar-refractivity contribution in [3.63, 3.8) is 0 Å². The molecule has 0 radical (unpaired) electrons. The first kappa shape index (κ1) is 13.4. The average Bonchev–Trinajstić information content (AvgIpc) is 3.07. The van der Waals surface area contributed by atoms with Crippen LogP contribution in [-0.2, 0) is 5.75 Å². The fourth-order valence-corrected chi connectivity index (χ4v) is 3.64. The molecule has 0 spiro atoms. The second kappa shape index (κ2) is 5.81. The zero-order valence-corrected chi connectivity index (χ0v) is 13.0. The summed E-state index contributed by atoms with van der Waals surface area (Å²) in [5.74, 6) is 0.949. The Kier molecular flexibility index (Phi) is 3.89. The summed E-state index contributed by atoms with van der Waals surface area (Å²) in [4.78, 5) is 4.28. The van der Waals surface area contributed by atoms with Gasteiger partial charge in [0, 0.05) is 23.0 Å². The van der Waals surface area contributed by atoms with Gasteiger partial charge >= 0.3 is 0 Å². The molecule has 0 aliphatic carbocycles. The minimum Gasteiger partial charge on any atom is -0.238 e. The van der Waals surface area contributed by atoms with Crippen LogP contribution in [0.1, 0.15) is 17.0 Å². The monoisotopic (exact) mass is 301 g/mol. The van der Waals surface area contributed by atoms with Crippen LogP contribution in [0, 0.1) is 13.8 Å². The molecule has 3 rings (SSSR count). The van der Waals surface area contributed by atoms with Gasteiger partial charge < -0.3 is 0 Å². The number of rotatable bonds is 4. The summed E-state index contributed by atoms with van der Waals surface area (Å²) < 4.78 is 3.10. The molecule has 102 valence electrons. The van der Waals surface area contributed by atoms with E-state index in [1.54, 1.807) is 23.1 Å². The second-order valence-corrected chi connectivity index (χ2v) is 6.71. The summed E-state index contributed by atoms with van der Waals surface area (Å²) in [5.41, 5.74) is 4.62. The van der Waals surface area contributed by atoms with Crippen LogP contribution in [0.4, 0.5) is 0 Å². The average molecular weight is 301 g/mol. The van der Waals surface area contributed by atoms with Crippen molar-refractivity contribution in [2.45, 2.75) is 23.9 Å². The Hall–Kier alpha value is -1.59. The van der Waals surface area contributed by atoms with Crippen LogP contribution < -0.4 is 0 Å². The van der Waals surface area contributed by atoms with Gasteiger partial charge in [-0.05, 0) is 37.6 Å². The standard InChI is InChI=1S/C15H15N3S2/c1-11-9-12(2)18(17-11)14-5-3-13(4-6-14)10-20-15-16-7-8-19-15/h3-9H,10H2,1-2H3. The molecule has 5 heteroatoms. The van der Waals surface area contributed by atoms with Gasteiger partial charge in [0.05, 0.1) is 11.4 Å². The fourth-order valence-electron chi connectivity index (χ4n) is 2.05. The van der Waals surface area contributed by atoms with Crippen LogP contribution in [0.2, 0.25) is 0 Å². The minimum absolute atomic E-state index is 0.949. The minimum atomic E-state index is 0.949. The lowest BCUT2D eigenvalue weighted by Gasteiger charge is -2.05. The Morgan fingerprint density at radius 3 is 2.60 bits per heavy atom. The zero-order chi connectivity index (χ0) is 13.9. The summed E-state index contributed by atoms with van der Waals surface area (Å²) in [6.45, 7) is 4.09. The van der Waals surface area contributed by atoms with Crippen molar-refractivity contribution in [2.75, 3.05) is 0 Å². The molecule has 0 atom stereocenters. The summed E-state index contributed by atoms with van der Waals surface area (Å²) in [6, 6.07) is 10.7. The lowest BCUT2D eigenvalue weighted by Crippen LogP contribution is -1.98. The molecule has 0 amide bonds. The molecule has 2 heterocycles. The predicted octanol–water partition coefficient (Wildman–Crippen LogP) is 4.24. The normalized spacial score (nSPS) is 10.9. The molecule has 2 aromatic heterocycles. The van der Waals surface area contributed by atoms with Crippen molar-refractivity contribution in [1.82, 2.24) is 14.8 Å². The van der Waals surface area contributed by atoms with E-state index in [-0.39, 0.29) is 0 Å². The highest BCUT2D eigenvalue weighted by Gasteiger charge is 2.04. The van der Waals surface area contributed by atoms with Crippen LogP contribution >= 0.6 is 23.1 Å². The fraction of sp³-hybridized carbons (Fsp3) is 0.200. The van der Waals surface area contributed by atoms with Crippen molar-refractivity contribution in [3.05, 3.63) is 58.9 Å². The zero-order valence-electron chi connectivity index (χ0n) is 11.4. The van der Waals surface area contributed by atoms with Gasteiger partial charge in [0.1, 0.15) is 4.34 Å². The Balaban J connectivity index is 1.73. The lowest BCUT2D eigenvalue weighted by atomic mass is 10.2. The molecule has 0 saturated carbocycles. The molecule has 1 aromatic carbocycles. The number of thiazole rings is 1. The first-order valence-corrected chi connectivity index (χ1v) is 8.24. The number of benzene rings is 1. The van der Waals surface area contributed by atoms with E-state index < -0.39 is 0 Å². The largest absolute Gasteiger partial charge is 0.238 e. The SMILES string of the molecule is Cc1cc(C)n(-c2ccc(CSc3nccs3)cc2)n1. The third kappa shape index (κ3) is 2.94. The molecule has 20 heavy (non-hydrogen) atoms. The summed E-state index contributed by atoms with van der Waals surface area (Å²) in [7, 11) is 0. The van der Waals surface area contributed by atoms with Crippen molar-refractivity contribution in [3.8, 4) is 5.69 Å². The quantitative estimate of drug-likeness (QED) is 0.675. The van der Waals surface area contributed by atoms with Crippen molar-refractivity contribution < 1.29 is 0 Å². The van der Waals surface area contributed by atoms with Crippen LogP contribution in [0.3, 0.4) is 0 Å². The van der Waals surface area contributed by atoms with E-state index >= 15 is 0 Å². The summed E-state index contributed by atoms with van der Waals surface area (Å²) >= 11 is 3.46. The van der Waals surface area contributed by atoms with Crippen LogP contribution in [0.25, 0.3) is 5.69 Å². The highest BCUT2D eigenvalue weighted by molar-refractivity contribution is 8.00. The molecule has 0 saturated heterocycles. The van der Waals surface area contributed by atoms with Crippen molar-refractivity contribution in [1.29, 1.82) is 0 Å². The molecule has 0 fully saturated rings. The number of thioether (sulfide) groups is 1. The molecule has 0 aliphatic rings. The van der Waals surface area contributed by atoms with Gasteiger partial charge in [-0.25, -0.2) is 9.67 Å². The third-order valence-electron chi connectivity index (χ3n) is 2.96. The van der Waals surface area contributed by atoms with E-state index in [4.69, 9.17) is 0 Å². The van der Waals surface area contributed by atoms with Gasteiger partial charge in [-0.1, -0.05) is 23.9 Å². The van der Waals surface area contributed by atoms with Gasteiger partial charge in [-0.15, -0.1) is 11.3 Å². The Morgan fingerprint density at radius 2 is 2.00 bits per heavy atom. The van der Waals surface area contributed by atoms with Crippen LogP contribution in [0.5, 0.6) is 0 Å². The molecule has 0 N–H and O–H groups in total. The van der Waals surface area contributed by atoms with Crippen LogP contribution in [0.15, 0.2) is 46.2 Å². The molecule has 0 aliphatic heterocycles. The number of hydrogen-bond acceptors (Lipinski definition) is 4. The lowest BCUT2D eigenvalue weighted by molar-refractivity contribution is 0.833. The van der Waals surface area contributed by atoms with E-state index in [2.05, 4.69) is 47.3 Å². The molecule has 3 aromatic rings. The van der Waals surface area contributed by atoms with E-state index in [1.807, 2.05) is 23.2 Å². The highest BCUT2D eigenvalue weighted by atomic mass is 32.2. The van der Waals surface area contributed by atoms with Gasteiger partial charge in [0.15, 0.2) is 0 Å². The number of aryl methyl sites for hydroxylation is 2. The van der Waals surface area contributed by atoms with E-state index in [0.29, 0.717) is 0 Å². The molecule has 0 unspecified atom stereocenters. The first-order chi connectivity index (χ1) is 9.72. The predicted molar refractivity (Wildman–Crippen MR) is 84.7 cm³/mol. The summed E-state index contributed by atoms with van der Waals surface area (Å²) in [5, 5.41) is 6.51. The van der Waals surface area contributed by atoms with Crippen molar-refractivity contribution >= 4 is 23.1 Å². The Bertz CT molecular complexity index is 684. The van der Waals surface area contributed by atoms with Crippen molar-refractivity contribution in [2.24, 2.45) is 0 Å². The Labute approximate surface area is 126 Å². The van der Waals surface area contributed by atoms with E-state index in [9.17, 15) is 0 Å². The summed E-state index contributed by atoms with van der Waals surface area (Å²) in [6.07, 6.45) is 1.85. The first-order valence-electron chi connectivity index (χ1n) is 6.37. The third-order valence-corrected chi connectivity index (χ3v) is 5.00.